The smallest absolute Gasteiger partial charge is 0.144 e. The van der Waals surface area contributed by atoms with Gasteiger partial charge in [0.1, 0.15) is 23.5 Å². The van der Waals surface area contributed by atoms with Crippen LogP contribution in [0.3, 0.4) is 0 Å². The van der Waals surface area contributed by atoms with E-state index in [1.807, 2.05) is 24.5 Å². The molecule has 2 N–H and O–H groups in total. The van der Waals surface area contributed by atoms with E-state index in [4.69, 9.17) is 4.74 Å². The van der Waals surface area contributed by atoms with E-state index in [2.05, 4.69) is 41.2 Å². The first-order chi connectivity index (χ1) is 10.8. The zero-order chi connectivity index (χ0) is 15.1. The summed E-state index contributed by atoms with van der Waals surface area (Å²) in [6, 6.07) is 4.04. The van der Waals surface area contributed by atoms with Gasteiger partial charge in [-0.05, 0) is 39.2 Å². The van der Waals surface area contributed by atoms with Crippen LogP contribution >= 0.6 is 15.9 Å². The molecule has 0 saturated heterocycles. The Labute approximate surface area is 134 Å². The molecule has 0 amide bonds. The molecular formula is C15H12BrN5O. The third-order valence-corrected chi connectivity index (χ3v) is 4.25. The Kier molecular flexibility index (Phi) is 3.07. The number of nitrogens with zero attached hydrogens (tertiary/aromatic N) is 3. The van der Waals surface area contributed by atoms with Gasteiger partial charge in [0.2, 0.25) is 0 Å². The van der Waals surface area contributed by atoms with Crippen LogP contribution in [0.15, 0.2) is 34.1 Å². The number of aromatic nitrogens is 3. The lowest BCUT2D eigenvalue weighted by molar-refractivity contribution is 0.416. The van der Waals surface area contributed by atoms with Crippen molar-refractivity contribution >= 4 is 44.7 Å². The van der Waals surface area contributed by atoms with E-state index in [0.29, 0.717) is 12.4 Å². The lowest BCUT2D eigenvalue weighted by Gasteiger charge is -2.13. The molecule has 22 heavy (non-hydrogen) atoms. The Morgan fingerprint density at radius 1 is 1.32 bits per heavy atom. The molecule has 2 aromatic heterocycles. The molecule has 1 aliphatic heterocycles. The summed E-state index contributed by atoms with van der Waals surface area (Å²) < 4.78 is 6.40. The minimum atomic E-state index is 0.701. The van der Waals surface area contributed by atoms with Crippen LogP contribution in [0.5, 0.6) is 5.75 Å². The predicted octanol–water partition coefficient (Wildman–Crippen LogP) is 3.41. The average molecular weight is 358 g/mol. The SMILES string of the molecule is COc1cc2c(cc1Nc1ncnc3[nH]cc(Br)c13)C=NC2. The molecule has 3 heterocycles. The molecule has 0 fully saturated rings. The molecule has 1 aromatic carbocycles. The highest BCUT2D eigenvalue weighted by Crippen LogP contribution is 2.35. The molecule has 1 aliphatic rings. The molecule has 7 heteroatoms. The van der Waals surface area contributed by atoms with Gasteiger partial charge in [-0.2, -0.15) is 0 Å². The lowest BCUT2D eigenvalue weighted by atomic mass is 10.1. The summed E-state index contributed by atoms with van der Waals surface area (Å²) in [6.07, 6.45) is 5.24. The van der Waals surface area contributed by atoms with Gasteiger partial charge in [0.15, 0.2) is 0 Å². The van der Waals surface area contributed by atoms with Gasteiger partial charge >= 0.3 is 0 Å². The third-order valence-electron chi connectivity index (χ3n) is 3.63. The standard InChI is InChI=1S/C15H12BrN5O/c1-22-12-3-9-5-17-4-8(9)2-11(12)21-15-13-10(16)6-18-14(13)19-7-20-15/h2-4,6-7H,5H2,1H3,(H2,18,19,20,21). The molecule has 0 saturated carbocycles. The van der Waals surface area contributed by atoms with Crippen molar-refractivity contribution in [2.45, 2.75) is 6.54 Å². The van der Waals surface area contributed by atoms with E-state index in [0.717, 1.165) is 38.1 Å². The quantitative estimate of drug-likeness (QED) is 0.753. The fourth-order valence-electron chi connectivity index (χ4n) is 2.55. The summed E-state index contributed by atoms with van der Waals surface area (Å²) in [4.78, 5) is 15.9. The van der Waals surface area contributed by atoms with Gasteiger partial charge in [0.05, 0.1) is 24.7 Å². The molecule has 110 valence electrons. The topological polar surface area (TPSA) is 75.2 Å². The Morgan fingerprint density at radius 3 is 3.09 bits per heavy atom. The highest BCUT2D eigenvalue weighted by molar-refractivity contribution is 9.10. The number of fused-ring (bicyclic) bond motifs is 2. The molecule has 0 aliphatic carbocycles. The number of benzene rings is 1. The number of aliphatic imine (C=N–C) groups is 1. The second-order valence-electron chi connectivity index (χ2n) is 4.93. The van der Waals surface area contributed by atoms with Gasteiger partial charge in [-0.1, -0.05) is 0 Å². The van der Waals surface area contributed by atoms with E-state index in [1.54, 1.807) is 7.11 Å². The number of hydrogen-bond donors (Lipinski definition) is 2. The molecular weight excluding hydrogens is 346 g/mol. The van der Waals surface area contributed by atoms with Gasteiger partial charge in [0.25, 0.3) is 0 Å². The van der Waals surface area contributed by atoms with E-state index in [-0.39, 0.29) is 0 Å². The van der Waals surface area contributed by atoms with Crippen LogP contribution in [-0.4, -0.2) is 28.3 Å². The molecule has 6 nitrogen and oxygen atoms in total. The maximum atomic E-state index is 5.49. The number of halogens is 1. The fourth-order valence-corrected chi connectivity index (χ4v) is 3.04. The maximum Gasteiger partial charge on any atom is 0.144 e. The van der Waals surface area contributed by atoms with Crippen molar-refractivity contribution in [1.82, 2.24) is 15.0 Å². The van der Waals surface area contributed by atoms with Crippen molar-refractivity contribution in [2.75, 3.05) is 12.4 Å². The number of rotatable bonds is 3. The summed E-state index contributed by atoms with van der Waals surface area (Å²) in [6.45, 7) is 0.701. The first kappa shape index (κ1) is 13.3. The Bertz CT molecular complexity index is 902. The van der Waals surface area contributed by atoms with Crippen molar-refractivity contribution < 1.29 is 4.74 Å². The largest absolute Gasteiger partial charge is 0.495 e. The highest BCUT2D eigenvalue weighted by Gasteiger charge is 2.15. The Balaban J connectivity index is 1.82. The van der Waals surface area contributed by atoms with Crippen LogP contribution in [0.25, 0.3) is 11.0 Å². The maximum absolute atomic E-state index is 5.49. The van der Waals surface area contributed by atoms with Gasteiger partial charge in [0, 0.05) is 16.9 Å². The zero-order valence-corrected chi connectivity index (χ0v) is 13.3. The monoisotopic (exact) mass is 357 g/mol. The van der Waals surface area contributed by atoms with E-state index in [1.165, 1.54) is 6.33 Å². The summed E-state index contributed by atoms with van der Waals surface area (Å²) in [5, 5.41) is 4.24. The summed E-state index contributed by atoms with van der Waals surface area (Å²) in [5.74, 6) is 1.48. The van der Waals surface area contributed by atoms with Gasteiger partial charge in [-0.25, -0.2) is 9.97 Å². The van der Waals surface area contributed by atoms with Crippen LogP contribution in [-0.2, 0) is 6.54 Å². The normalized spacial score (nSPS) is 12.6. The first-order valence-electron chi connectivity index (χ1n) is 6.71. The summed E-state index contributed by atoms with van der Waals surface area (Å²) in [5.41, 5.74) is 3.88. The summed E-state index contributed by atoms with van der Waals surface area (Å²) >= 11 is 3.51. The number of methoxy groups -OCH3 is 1. The number of hydrogen-bond acceptors (Lipinski definition) is 5. The number of H-pyrrole nitrogens is 1. The van der Waals surface area contributed by atoms with Crippen molar-refractivity contribution in [2.24, 2.45) is 4.99 Å². The number of anilines is 2. The molecule has 0 bridgehead atoms. The Hall–Kier alpha value is -2.41. The first-order valence-corrected chi connectivity index (χ1v) is 7.51. The number of aromatic amines is 1. The van der Waals surface area contributed by atoms with E-state index < -0.39 is 0 Å². The van der Waals surface area contributed by atoms with E-state index in [9.17, 15) is 0 Å². The minimum Gasteiger partial charge on any atom is -0.495 e. The fraction of sp³-hybridized carbons (Fsp3) is 0.133. The van der Waals surface area contributed by atoms with Crippen LogP contribution in [0, 0.1) is 0 Å². The Morgan fingerprint density at radius 2 is 2.23 bits per heavy atom. The average Bonchev–Trinajstić information content (AvgIpc) is 3.13. The van der Waals surface area contributed by atoms with Crippen LogP contribution in [0.2, 0.25) is 0 Å². The second kappa shape index (κ2) is 5.10. The number of nitrogens with one attached hydrogen (secondary N) is 2. The van der Waals surface area contributed by atoms with Crippen molar-refractivity contribution in [1.29, 1.82) is 0 Å². The molecule has 0 radical (unpaired) electrons. The van der Waals surface area contributed by atoms with E-state index >= 15 is 0 Å². The van der Waals surface area contributed by atoms with Crippen molar-refractivity contribution in [3.8, 4) is 5.75 Å². The predicted molar refractivity (Wildman–Crippen MR) is 89.2 cm³/mol. The van der Waals surface area contributed by atoms with Crippen LogP contribution in [0.1, 0.15) is 11.1 Å². The zero-order valence-electron chi connectivity index (χ0n) is 11.7. The molecule has 0 atom stereocenters. The second-order valence-corrected chi connectivity index (χ2v) is 5.78. The number of ether oxygens (including phenoxy) is 1. The summed E-state index contributed by atoms with van der Waals surface area (Å²) in [7, 11) is 1.66. The molecule has 0 unspecified atom stereocenters. The lowest BCUT2D eigenvalue weighted by Crippen LogP contribution is -2.00. The minimum absolute atomic E-state index is 0.701. The van der Waals surface area contributed by atoms with Gasteiger partial charge in [-0.15, -0.1) is 0 Å². The molecule has 3 aromatic rings. The molecule has 4 rings (SSSR count). The van der Waals surface area contributed by atoms with Gasteiger partial charge in [-0.3, -0.25) is 4.99 Å². The highest BCUT2D eigenvalue weighted by atomic mass is 79.9. The van der Waals surface area contributed by atoms with Crippen molar-refractivity contribution in [3.63, 3.8) is 0 Å². The molecule has 0 spiro atoms. The van der Waals surface area contributed by atoms with Gasteiger partial charge < -0.3 is 15.0 Å². The van der Waals surface area contributed by atoms with Crippen LogP contribution < -0.4 is 10.1 Å². The van der Waals surface area contributed by atoms with Crippen LogP contribution in [0.4, 0.5) is 11.5 Å². The third kappa shape index (κ3) is 2.05. The van der Waals surface area contributed by atoms with Crippen molar-refractivity contribution in [3.05, 3.63) is 40.3 Å².